The maximum atomic E-state index is 5.96. The van der Waals surface area contributed by atoms with Crippen LogP contribution < -0.4 is 5.32 Å². The molecule has 4 nitrogen and oxygen atoms in total. The minimum Gasteiger partial charge on any atom is -0.458 e. The molecule has 116 valence electrons. The molecule has 0 radical (unpaired) electrons. The van der Waals surface area contributed by atoms with Crippen LogP contribution in [0.1, 0.15) is 16.7 Å². The molecular formula is C18H17N3OS. The predicted molar refractivity (Wildman–Crippen MR) is 96.2 cm³/mol. The highest BCUT2D eigenvalue weighted by molar-refractivity contribution is 8.14. The Morgan fingerprint density at radius 2 is 1.57 bits per heavy atom. The number of anilines is 1. The van der Waals surface area contributed by atoms with Gasteiger partial charge in [-0.3, -0.25) is 0 Å². The summed E-state index contributed by atoms with van der Waals surface area (Å²) in [6.07, 6.45) is -0.163. The van der Waals surface area contributed by atoms with E-state index in [9.17, 15) is 0 Å². The number of nitrogens with one attached hydrogen (secondary N) is 1. The van der Waals surface area contributed by atoms with Crippen LogP contribution >= 0.6 is 11.8 Å². The molecule has 4 rings (SSSR count). The molecule has 0 amide bonds. The van der Waals surface area contributed by atoms with Gasteiger partial charge in [-0.2, -0.15) is 0 Å². The van der Waals surface area contributed by atoms with Gasteiger partial charge in [0.1, 0.15) is 0 Å². The molecule has 2 atom stereocenters. The third-order valence-electron chi connectivity index (χ3n) is 3.80. The Hall–Kier alpha value is -2.27. The third kappa shape index (κ3) is 2.97. The molecule has 0 bridgehead atoms. The zero-order valence-corrected chi connectivity index (χ0v) is 13.8. The number of ether oxygens (including phenoxy) is 1. The van der Waals surface area contributed by atoms with Gasteiger partial charge in [0.2, 0.25) is 5.90 Å². The predicted octanol–water partition coefficient (Wildman–Crippen LogP) is 3.95. The lowest BCUT2D eigenvalue weighted by molar-refractivity contribution is 0.289. The molecule has 2 aromatic rings. The molecule has 0 spiro atoms. The number of fused-ring (bicyclic) bond motifs is 1. The third-order valence-corrected chi connectivity index (χ3v) is 4.80. The number of aryl methyl sites for hydroxylation is 2. The van der Waals surface area contributed by atoms with Crippen molar-refractivity contribution >= 4 is 28.5 Å². The molecule has 0 fully saturated rings. The number of amidine groups is 1. The van der Waals surface area contributed by atoms with Gasteiger partial charge < -0.3 is 10.1 Å². The van der Waals surface area contributed by atoms with Gasteiger partial charge in [-0.15, -0.1) is 0 Å². The van der Waals surface area contributed by atoms with Crippen molar-refractivity contribution in [1.82, 2.24) is 0 Å². The molecule has 0 unspecified atom stereocenters. The van der Waals surface area contributed by atoms with E-state index in [0.717, 1.165) is 16.4 Å². The zero-order valence-electron chi connectivity index (χ0n) is 13.0. The number of hydrogen-bond donors (Lipinski definition) is 1. The second-order valence-corrected chi connectivity index (χ2v) is 6.83. The average Bonchev–Trinajstić information content (AvgIpc) is 3.09. The Bertz CT molecular complexity index is 781. The summed E-state index contributed by atoms with van der Waals surface area (Å²) < 4.78 is 5.96. The van der Waals surface area contributed by atoms with E-state index in [1.54, 1.807) is 11.8 Å². The van der Waals surface area contributed by atoms with E-state index in [1.165, 1.54) is 11.1 Å². The molecular weight excluding hydrogens is 306 g/mol. The lowest BCUT2D eigenvalue weighted by atomic mass is 10.1. The number of rotatable bonds is 2. The molecule has 0 aliphatic carbocycles. The molecule has 2 aliphatic heterocycles. The van der Waals surface area contributed by atoms with Crippen molar-refractivity contribution in [2.45, 2.75) is 25.4 Å². The highest BCUT2D eigenvalue weighted by Crippen LogP contribution is 2.34. The summed E-state index contributed by atoms with van der Waals surface area (Å²) in [5.74, 6) is 0.686. The van der Waals surface area contributed by atoms with Crippen molar-refractivity contribution in [2.75, 3.05) is 5.32 Å². The van der Waals surface area contributed by atoms with Crippen LogP contribution in [0.2, 0.25) is 0 Å². The molecule has 0 aromatic heterocycles. The quantitative estimate of drug-likeness (QED) is 0.910. The fraction of sp³-hybridized carbons (Fsp3) is 0.222. The van der Waals surface area contributed by atoms with Gasteiger partial charge in [-0.25, -0.2) is 9.98 Å². The largest absolute Gasteiger partial charge is 0.458 e. The first-order valence-electron chi connectivity index (χ1n) is 7.57. The average molecular weight is 323 g/mol. The van der Waals surface area contributed by atoms with Gasteiger partial charge in [-0.1, -0.05) is 35.4 Å². The Balaban J connectivity index is 1.48. The van der Waals surface area contributed by atoms with Crippen LogP contribution in [-0.4, -0.2) is 22.7 Å². The number of hydrogen-bond acceptors (Lipinski definition) is 5. The van der Waals surface area contributed by atoms with Crippen molar-refractivity contribution in [1.29, 1.82) is 0 Å². The number of benzene rings is 2. The van der Waals surface area contributed by atoms with Gasteiger partial charge in [-0.05, 0) is 49.9 Å². The maximum absolute atomic E-state index is 5.96. The van der Waals surface area contributed by atoms with Crippen molar-refractivity contribution < 1.29 is 4.74 Å². The first-order chi connectivity index (χ1) is 11.2. The van der Waals surface area contributed by atoms with E-state index in [2.05, 4.69) is 53.4 Å². The Morgan fingerprint density at radius 1 is 0.913 bits per heavy atom. The van der Waals surface area contributed by atoms with Crippen molar-refractivity contribution in [2.24, 2.45) is 9.98 Å². The monoisotopic (exact) mass is 323 g/mol. The molecule has 2 aromatic carbocycles. The molecule has 2 aliphatic rings. The Morgan fingerprint density at radius 3 is 2.22 bits per heavy atom. The van der Waals surface area contributed by atoms with E-state index < -0.39 is 0 Å². The van der Waals surface area contributed by atoms with E-state index >= 15 is 0 Å². The van der Waals surface area contributed by atoms with E-state index in [1.807, 2.05) is 24.3 Å². The fourth-order valence-corrected chi connectivity index (χ4v) is 3.43. The Labute approximate surface area is 139 Å². The van der Waals surface area contributed by atoms with Crippen LogP contribution in [0.5, 0.6) is 0 Å². The molecule has 2 heterocycles. The van der Waals surface area contributed by atoms with E-state index in [4.69, 9.17) is 4.74 Å². The summed E-state index contributed by atoms with van der Waals surface area (Å²) in [6.45, 7) is 4.14. The normalized spacial score (nSPS) is 22.2. The minimum absolute atomic E-state index is 0.0701. The first-order valence-corrected chi connectivity index (χ1v) is 8.45. The second kappa shape index (κ2) is 5.74. The number of nitrogens with zero attached hydrogens (tertiary/aromatic N) is 2. The topological polar surface area (TPSA) is 46.0 Å². The maximum Gasteiger partial charge on any atom is 0.219 e. The molecule has 5 heteroatoms. The summed E-state index contributed by atoms with van der Waals surface area (Å²) in [5.41, 5.74) is 4.44. The molecule has 0 saturated carbocycles. The molecule has 23 heavy (non-hydrogen) atoms. The van der Waals surface area contributed by atoms with Crippen LogP contribution in [0.25, 0.3) is 0 Å². The summed E-state index contributed by atoms with van der Waals surface area (Å²) in [4.78, 5) is 9.22. The smallest absolute Gasteiger partial charge is 0.219 e. The highest BCUT2D eigenvalue weighted by Gasteiger charge is 2.38. The summed E-state index contributed by atoms with van der Waals surface area (Å²) in [6, 6.07) is 16.5. The minimum atomic E-state index is -0.163. The van der Waals surface area contributed by atoms with E-state index in [-0.39, 0.29) is 11.6 Å². The van der Waals surface area contributed by atoms with Crippen molar-refractivity contribution in [3.05, 3.63) is 65.2 Å². The van der Waals surface area contributed by atoms with Crippen LogP contribution in [0.3, 0.4) is 0 Å². The summed E-state index contributed by atoms with van der Waals surface area (Å²) in [7, 11) is 0. The summed E-state index contributed by atoms with van der Waals surface area (Å²) in [5, 5.41) is 4.18. The van der Waals surface area contributed by atoms with Crippen molar-refractivity contribution in [3.8, 4) is 0 Å². The van der Waals surface area contributed by atoms with Crippen LogP contribution in [0.15, 0.2) is 58.5 Å². The van der Waals surface area contributed by atoms with Crippen LogP contribution in [0.4, 0.5) is 5.69 Å². The van der Waals surface area contributed by atoms with Crippen molar-refractivity contribution in [3.63, 3.8) is 0 Å². The zero-order chi connectivity index (χ0) is 15.8. The van der Waals surface area contributed by atoms with E-state index in [0.29, 0.717) is 5.90 Å². The van der Waals surface area contributed by atoms with Gasteiger partial charge in [0.05, 0.1) is 0 Å². The van der Waals surface area contributed by atoms with Crippen LogP contribution in [0, 0.1) is 13.8 Å². The highest BCUT2D eigenvalue weighted by atomic mass is 32.2. The SMILES string of the molecule is Cc1ccc(NC2=N[C@@H]3N=C(c4ccc(C)cc4)O[C@H]3S2)cc1. The molecule has 0 saturated heterocycles. The summed E-state index contributed by atoms with van der Waals surface area (Å²) >= 11 is 1.58. The van der Waals surface area contributed by atoms with Gasteiger partial charge in [0.15, 0.2) is 16.8 Å². The van der Waals surface area contributed by atoms with Gasteiger partial charge in [0, 0.05) is 11.3 Å². The first kappa shape index (κ1) is 14.3. The lowest BCUT2D eigenvalue weighted by Gasteiger charge is -2.09. The van der Waals surface area contributed by atoms with Crippen LogP contribution in [-0.2, 0) is 4.74 Å². The molecule has 1 N–H and O–H groups in total. The second-order valence-electron chi connectivity index (χ2n) is 5.74. The standard InChI is InChI=1S/C18H17N3OS/c1-11-3-7-13(8-4-11)16-20-15-17(22-16)23-18(21-15)19-14-9-5-12(2)6-10-14/h3-10,15,17H,1-2H3,(H,19,21)/t15-,17-/m0/s1. The number of thioether (sulfide) groups is 1. The van der Waals surface area contributed by atoms with Gasteiger partial charge in [0.25, 0.3) is 0 Å². The fourth-order valence-electron chi connectivity index (χ4n) is 2.48. The lowest BCUT2D eigenvalue weighted by Crippen LogP contribution is -2.13. The van der Waals surface area contributed by atoms with Gasteiger partial charge >= 0.3 is 0 Å². The Kier molecular flexibility index (Phi) is 3.58. The number of aliphatic imine (C=N–C) groups is 2.